The Morgan fingerprint density at radius 1 is 1.25 bits per heavy atom. The summed E-state index contributed by atoms with van der Waals surface area (Å²) in [7, 11) is 0. The topological polar surface area (TPSA) is 64.9 Å². The van der Waals surface area contributed by atoms with Crippen molar-refractivity contribution in [3.63, 3.8) is 0 Å². The van der Waals surface area contributed by atoms with E-state index in [2.05, 4.69) is 53.7 Å². The van der Waals surface area contributed by atoms with Gasteiger partial charge in [0, 0.05) is 19.2 Å². The summed E-state index contributed by atoms with van der Waals surface area (Å²) in [5.41, 5.74) is 2.24. The number of benzene rings is 1. The third kappa shape index (κ3) is 3.99. The number of hydrogen-bond acceptors (Lipinski definition) is 5. The molecule has 6 heteroatoms. The normalized spacial score (nSPS) is 22.7. The maximum Gasteiger partial charge on any atom is 0.143 e. The van der Waals surface area contributed by atoms with Gasteiger partial charge in [0.25, 0.3) is 0 Å². The molecule has 0 bridgehead atoms. The number of nitrogens with zero attached hydrogens (tertiary/aromatic N) is 4. The van der Waals surface area contributed by atoms with Gasteiger partial charge in [-0.05, 0) is 59.7 Å². The molecule has 0 radical (unpaired) electrons. The molecule has 0 amide bonds. The molecule has 1 aliphatic heterocycles. The summed E-state index contributed by atoms with van der Waals surface area (Å²) in [6.45, 7) is 8.63. The lowest BCUT2D eigenvalue weighted by molar-refractivity contribution is -0.0521. The second-order valence-electron chi connectivity index (χ2n) is 6.96. The molecule has 24 heavy (non-hydrogen) atoms. The van der Waals surface area contributed by atoms with Gasteiger partial charge in [0.05, 0.1) is 11.8 Å². The van der Waals surface area contributed by atoms with Crippen LogP contribution in [0.25, 0.3) is 5.69 Å². The van der Waals surface area contributed by atoms with E-state index in [-0.39, 0.29) is 0 Å². The van der Waals surface area contributed by atoms with Gasteiger partial charge in [-0.15, -0.1) is 5.10 Å². The van der Waals surface area contributed by atoms with Gasteiger partial charge in [-0.2, -0.15) is 0 Å². The van der Waals surface area contributed by atoms with Crippen molar-refractivity contribution < 1.29 is 4.74 Å². The highest BCUT2D eigenvalue weighted by atomic mass is 16.5. The number of tetrazole rings is 1. The molecule has 3 atom stereocenters. The summed E-state index contributed by atoms with van der Waals surface area (Å²) >= 11 is 0. The third-order valence-corrected chi connectivity index (χ3v) is 4.84. The number of nitrogens with one attached hydrogen (secondary N) is 1. The Kier molecular flexibility index (Phi) is 5.58. The Hall–Kier alpha value is -1.79. The van der Waals surface area contributed by atoms with E-state index in [0.717, 1.165) is 18.8 Å². The zero-order chi connectivity index (χ0) is 16.9. The molecule has 1 aromatic carbocycles. The van der Waals surface area contributed by atoms with Crippen molar-refractivity contribution in [3.8, 4) is 5.69 Å². The first-order chi connectivity index (χ1) is 11.6. The van der Waals surface area contributed by atoms with Crippen LogP contribution in [0.3, 0.4) is 0 Å². The van der Waals surface area contributed by atoms with Crippen molar-refractivity contribution in [1.29, 1.82) is 0 Å². The fourth-order valence-electron chi connectivity index (χ4n) is 3.46. The van der Waals surface area contributed by atoms with E-state index in [9.17, 15) is 0 Å². The lowest BCUT2D eigenvalue weighted by Crippen LogP contribution is -2.40. The number of hydrogen-bond donors (Lipinski definition) is 1. The average molecular weight is 329 g/mol. The first-order valence-corrected chi connectivity index (χ1v) is 8.83. The fourth-order valence-corrected chi connectivity index (χ4v) is 3.46. The van der Waals surface area contributed by atoms with E-state index in [1.807, 2.05) is 12.1 Å². The first-order valence-electron chi connectivity index (χ1n) is 8.83. The van der Waals surface area contributed by atoms with Crippen LogP contribution < -0.4 is 5.32 Å². The minimum atomic E-state index is 0.308. The Labute approximate surface area is 143 Å². The highest BCUT2D eigenvalue weighted by molar-refractivity contribution is 5.34. The smallest absolute Gasteiger partial charge is 0.143 e. The second-order valence-corrected chi connectivity index (χ2v) is 6.96. The monoisotopic (exact) mass is 329 g/mol. The lowest BCUT2D eigenvalue weighted by Gasteiger charge is -2.35. The van der Waals surface area contributed by atoms with Crippen LogP contribution >= 0.6 is 0 Å². The van der Waals surface area contributed by atoms with Gasteiger partial charge in [-0.25, -0.2) is 4.68 Å². The SMILES string of the molecule is CC(C)[C@H]1OCCC[C@@H]1CN[C@@H](C)c1ccc(-n2cnnn2)cc1. The first kappa shape index (κ1) is 17.0. The molecular formula is C18H27N5O. The summed E-state index contributed by atoms with van der Waals surface area (Å²) in [6.07, 6.45) is 4.40. The van der Waals surface area contributed by atoms with E-state index in [1.54, 1.807) is 11.0 Å². The number of aromatic nitrogens is 4. The van der Waals surface area contributed by atoms with Gasteiger partial charge in [-0.1, -0.05) is 26.0 Å². The summed E-state index contributed by atoms with van der Waals surface area (Å²) in [4.78, 5) is 0. The van der Waals surface area contributed by atoms with Crippen molar-refractivity contribution in [1.82, 2.24) is 25.5 Å². The molecule has 130 valence electrons. The molecule has 3 rings (SSSR count). The third-order valence-electron chi connectivity index (χ3n) is 4.84. The standard InChI is InChI=1S/C18H27N5O/c1-13(2)18-16(5-4-10-24-18)11-19-14(3)15-6-8-17(9-7-15)23-12-20-21-22-23/h6-9,12-14,16,18-19H,4-5,10-11H2,1-3H3/t14-,16+,18+/m0/s1. The largest absolute Gasteiger partial charge is 0.378 e. The van der Waals surface area contributed by atoms with Crippen LogP contribution in [0.15, 0.2) is 30.6 Å². The summed E-state index contributed by atoms with van der Waals surface area (Å²) in [5, 5.41) is 14.9. The Bertz CT molecular complexity index is 611. The Morgan fingerprint density at radius 2 is 2.04 bits per heavy atom. The highest BCUT2D eigenvalue weighted by Crippen LogP contribution is 2.26. The van der Waals surface area contributed by atoms with Gasteiger partial charge in [-0.3, -0.25) is 0 Å². The fraction of sp³-hybridized carbons (Fsp3) is 0.611. The van der Waals surface area contributed by atoms with Crippen LogP contribution in [0.2, 0.25) is 0 Å². The lowest BCUT2D eigenvalue weighted by atomic mass is 9.87. The number of ether oxygens (including phenoxy) is 1. The molecule has 2 aromatic rings. The minimum absolute atomic E-state index is 0.308. The van der Waals surface area contributed by atoms with Gasteiger partial charge in [0.2, 0.25) is 0 Å². The Morgan fingerprint density at radius 3 is 2.71 bits per heavy atom. The molecule has 0 saturated carbocycles. The van der Waals surface area contributed by atoms with Gasteiger partial charge in [0.1, 0.15) is 6.33 Å². The predicted molar refractivity (Wildman–Crippen MR) is 92.9 cm³/mol. The van der Waals surface area contributed by atoms with Gasteiger partial charge >= 0.3 is 0 Å². The molecule has 0 spiro atoms. The van der Waals surface area contributed by atoms with Crippen LogP contribution in [-0.2, 0) is 4.74 Å². The van der Waals surface area contributed by atoms with Crippen LogP contribution in [0.5, 0.6) is 0 Å². The maximum atomic E-state index is 5.99. The number of rotatable bonds is 6. The molecule has 0 unspecified atom stereocenters. The predicted octanol–water partition coefficient (Wildman–Crippen LogP) is 2.76. The van der Waals surface area contributed by atoms with Crippen molar-refractivity contribution in [2.24, 2.45) is 11.8 Å². The zero-order valence-electron chi connectivity index (χ0n) is 14.7. The average Bonchev–Trinajstić information content (AvgIpc) is 3.14. The van der Waals surface area contributed by atoms with Gasteiger partial charge in [0.15, 0.2) is 0 Å². The summed E-state index contributed by atoms with van der Waals surface area (Å²) in [5.74, 6) is 1.17. The van der Waals surface area contributed by atoms with Crippen molar-refractivity contribution in [2.45, 2.75) is 45.8 Å². The van der Waals surface area contributed by atoms with Crippen LogP contribution in [-0.4, -0.2) is 39.5 Å². The second kappa shape index (κ2) is 7.85. The molecule has 1 aromatic heterocycles. The molecule has 1 fully saturated rings. The molecule has 1 aliphatic rings. The molecule has 1 saturated heterocycles. The molecule has 1 N–H and O–H groups in total. The summed E-state index contributed by atoms with van der Waals surface area (Å²) in [6, 6.07) is 8.66. The highest BCUT2D eigenvalue weighted by Gasteiger charge is 2.28. The Balaban J connectivity index is 1.57. The van der Waals surface area contributed by atoms with E-state index in [4.69, 9.17) is 4.74 Å². The van der Waals surface area contributed by atoms with E-state index >= 15 is 0 Å². The van der Waals surface area contributed by atoms with Crippen LogP contribution in [0.1, 0.15) is 45.2 Å². The molecular weight excluding hydrogens is 302 g/mol. The van der Waals surface area contributed by atoms with E-state index in [0.29, 0.717) is 24.0 Å². The summed E-state index contributed by atoms with van der Waals surface area (Å²) < 4.78 is 7.65. The zero-order valence-corrected chi connectivity index (χ0v) is 14.7. The van der Waals surface area contributed by atoms with Crippen LogP contribution in [0, 0.1) is 11.8 Å². The molecule has 0 aliphatic carbocycles. The van der Waals surface area contributed by atoms with E-state index in [1.165, 1.54) is 18.4 Å². The van der Waals surface area contributed by atoms with Crippen LogP contribution in [0.4, 0.5) is 0 Å². The van der Waals surface area contributed by atoms with Crippen molar-refractivity contribution in [2.75, 3.05) is 13.2 Å². The van der Waals surface area contributed by atoms with E-state index < -0.39 is 0 Å². The minimum Gasteiger partial charge on any atom is -0.378 e. The maximum absolute atomic E-state index is 5.99. The quantitative estimate of drug-likeness (QED) is 0.883. The van der Waals surface area contributed by atoms with Crippen molar-refractivity contribution >= 4 is 0 Å². The molecule has 2 heterocycles. The molecule has 6 nitrogen and oxygen atoms in total. The van der Waals surface area contributed by atoms with Gasteiger partial charge < -0.3 is 10.1 Å². The van der Waals surface area contributed by atoms with Crippen molar-refractivity contribution in [3.05, 3.63) is 36.2 Å².